The van der Waals surface area contributed by atoms with Gasteiger partial charge in [0.05, 0.1) is 19.4 Å². The number of hydrogen-bond acceptors (Lipinski definition) is 6. The van der Waals surface area contributed by atoms with Crippen molar-refractivity contribution in [2.45, 2.75) is 51.3 Å². The average molecular weight is 565 g/mol. The highest BCUT2D eigenvalue weighted by atomic mass is 28.4. The molecule has 0 radical (unpaired) electrons. The second kappa shape index (κ2) is 9.80. The van der Waals surface area contributed by atoms with Crippen molar-refractivity contribution >= 4 is 26.5 Å². The molecule has 2 aromatic heterocycles. The maximum Gasteiger partial charge on any atom is 0.433 e. The molecule has 0 aliphatic carbocycles. The molecule has 38 heavy (non-hydrogen) atoms. The van der Waals surface area contributed by atoms with Gasteiger partial charge in [-0.05, 0) is 30.3 Å². The lowest BCUT2D eigenvalue weighted by Crippen LogP contribution is -2.43. The third-order valence-electron chi connectivity index (χ3n) is 6.34. The molecule has 208 valence electrons. The summed E-state index contributed by atoms with van der Waals surface area (Å²) in [6.45, 7) is 10.4. The molecule has 16 heteroatoms. The second-order valence-electron chi connectivity index (χ2n) is 10.1. The van der Waals surface area contributed by atoms with Crippen molar-refractivity contribution in [2.24, 2.45) is 0 Å². The fourth-order valence-corrected chi connectivity index (χ4v) is 4.19. The standard InChI is InChI=1S/C22H26F6N6O3Si/c1-20(2,3)38(5,6)37-8-7-34-14(18(35)32(4)19(34)36)11-33-12-29-17(31-33)13-9-15(21(23,24)25)30-16(10-13)22(26,27)28/h9-12H,7-8H2,1-6H3. The normalized spacial score (nSPS) is 16.8. The summed E-state index contributed by atoms with van der Waals surface area (Å²) in [6, 6.07) is 0.161. The van der Waals surface area contributed by atoms with Crippen molar-refractivity contribution in [1.29, 1.82) is 0 Å². The molecule has 3 rings (SSSR count). The average Bonchev–Trinajstić information content (AvgIpc) is 3.32. The first-order chi connectivity index (χ1) is 17.2. The highest BCUT2D eigenvalue weighted by Crippen LogP contribution is 2.37. The summed E-state index contributed by atoms with van der Waals surface area (Å²) in [4.78, 5) is 33.8. The van der Waals surface area contributed by atoms with Gasteiger partial charge in [0.1, 0.15) is 23.4 Å². The van der Waals surface area contributed by atoms with E-state index in [1.54, 1.807) is 0 Å². The molecule has 1 fully saturated rings. The third-order valence-corrected chi connectivity index (χ3v) is 10.9. The Bertz CT molecular complexity index is 1230. The zero-order chi connectivity index (χ0) is 28.8. The molecule has 1 aliphatic rings. The van der Waals surface area contributed by atoms with Crippen LogP contribution in [-0.2, 0) is 21.6 Å². The predicted molar refractivity (Wildman–Crippen MR) is 126 cm³/mol. The van der Waals surface area contributed by atoms with Crippen LogP contribution >= 0.6 is 0 Å². The Hall–Kier alpha value is -3.27. The van der Waals surface area contributed by atoms with Gasteiger partial charge >= 0.3 is 18.4 Å². The second-order valence-corrected chi connectivity index (χ2v) is 14.9. The van der Waals surface area contributed by atoms with E-state index in [4.69, 9.17) is 4.43 Å². The van der Waals surface area contributed by atoms with Crippen molar-refractivity contribution in [3.63, 3.8) is 0 Å². The molecule has 0 atom stereocenters. The minimum atomic E-state index is -5.14. The van der Waals surface area contributed by atoms with Crippen molar-refractivity contribution in [2.75, 3.05) is 20.2 Å². The van der Waals surface area contributed by atoms with Gasteiger partial charge in [0.15, 0.2) is 14.1 Å². The van der Waals surface area contributed by atoms with E-state index in [9.17, 15) is 35.9 Å². The van der Waals surface area contributed by atoms with E-state index in [1.165, 1.54) is 7.05 Å². The van der Waals surface area contributed by atoms with E-state index in [0.717, 1.165) is 27.0 Å². The molecule has 2 aromatic rings. The topological polar surface area (TPSA) is 93.5 Å². The molecule has 1 saturated heterocycles. The van der Waals surface area contributed by atoms with Crippen molar-refractivity contribution in [3.8, 4) is 11.4 Å². The van der Waals surface area contributed by atoms with Crippen LogP contribution in [0.3, 0.4) is 0 Å². The third kappa shape index (κ3) is 6.06. The van der Waals surface area contributed by atoms with E-state index < -0.39 is 55.4 Å². The molecule has 0 saturated carbocycles. The van der Waals surface area contributed by atoms with E-state index in [2.05, 4.69) is 15.1 Å². The van der Waals surface area contributed by atoms with Gasteiger partial charge in [-0.15, -0.1) is 5.10 Å². The van der Waals surface area contributed by atoms with Gasteiger partial charge in [-0.3, -0.25) is 14.6 Å². The number of amides is 3. The quantitative estimate of drug-likeness (QED) is 0.210. The van der Waals surface area contributed by atoms with E-state index in [0.29, 0.717) is 12.1 Å². The van der Waals surface area contributed by atoms with Crippen LogP contribution in [0, 0.1) is 0 Å². The Morgan fingerprint density at radius 1 is 1.00 bits per heavy atom. The van der Waals surface area contributed by atoms with Gasteiger partial charge in [0, 0.05) is 12.6 Å². The van der Waals surface area contributed by atoms with Gasteiger partial charge in [-0.25, -0.2) is 19.4 Å². The number of carbonyl (C=O) groups excluding carboxylic acids is 2. The van der Waals surface area contributed by atoms with E-state index in [-0.39, 0.29) is 23.9 Å². The smallest absolute Gasteiger partial charge is 0.415 e. The number of pyridine rings is 1. The molecule has 0 spiro atoms. The molecule has 0 unspecified atom stereocenters. The summed E-state index contributed by atoms with van der Waals surface area (Å²) in [7, 11) is -0.876. The molecule has 3 amide bonds. The molecule has 9 nitrogen and oxygen atoms in total. The van der Waals surface area contributed by atoms with Gasteiger partial charge in [0.25, 0.3) is 5.91 Å². The summed E-state index contributed by atoms with van der Waals surface area (Å²) in [5.41, 5.74) is -4.22. The van der Waals surface area contributed by atoms with Crippen LogP contribution in [0.2, 0.25) is 18.1 Å². The maximum absolute atomic E-state index is 13.2. The lowest BCUT2D eigenvalue weighted by molar-refractivity contribution is -0.150. The Morgan fingerprint density at radius 2 is 1.55 bits per heavy atom. The number of alkyl halides is 6. The number of nitrogens with zero attached hydrogens (tertiary/aromatic N) is 6. The lowest BCUT2D eigenvalue weighted by atomic mass is 10.1. The van der Waals surface area contributed by atoms with Gasteiger partial charge < -0.3 is 4.43 Å². The van der Waals surface area contributed by atoms with Crippen LogP contribution in [0.25, 0.3) is 17.6 Å². The van der Waals surface area contributed by atoms with Crippen molar-refractivity contribution < 1.29 is 40.4 Å². The maximum atomic E-state index is 13.2. The van der Waals surface area contributed by atoms with Crippen LogP contribution < -0.4 is 0 Å². The summed E-state index contributed by atoms with van der Waals surface area (Å²) in [5, 5.41) is 3.81. The van der Waals surface area contributed by atoms with Crippen LogP contribution in [0.4, 0.5) is 31.1 Å². The SMILES string of the molecule is CN1C(=O)C(=Cn2cnc(-c3cc(C(F)(F)F)nc(C(F)(F)F)c3)n2)N(CCO[Si](C)(C)C(C)(C)C)C1=O. The zero-order valence-electron chi connectivity index (χ0n) is 21.4. The fraction of sp³-hybridized carbons (Fsp3) is 0.500. The molecular weight excluding hydrogens is 538 g/mol. The van der Waals surface area contributed by atoms with E-state index >= 15 is 0 Å². The highest BCUT2D eigenvalue weighted by molar-refractivity contribution is 6.74. The predicted octanol–water partition coefficient (Wildman–Crippen LogP) is 5.09. The summed E-state index contributed by atoms with van der Waals surface area (Å²) in [5.74, 6) is -1.15. The van der Waals surface area contributed by atoms with Gasteiger partial charge in [0.2, 0.25) is 0 Å². The Balaban J connectivity index is 1.92. The number of hydrogen-bond donors (Lipinski definition) is 0. The number of aromatic nitrogens is 4. The number of rotatable bonds is 6. The molecule has 1 aliphatic heterocycles. The zero-order valence-corrected chi connectivity index (χ0v) is 22.4. The number of urea groups is 1. The molecular formula is C22H26F6N6O3Si. The summed E-state index contributed by atoms with van der Waals surface area (Å²) < 4.78 is 85.9. The first-order valence-corrected chi connectivity index (χ1v) is 14.2. The number of likely N-dealkylation sites (N-methyl/N-ethyl adjacent to an activating group) is 1. The van der Waals surface area contributed by atoms with Gasteiger partial charge in [-0.2, -0.15) is 26.3 Å². The largest absolute Gasteiger partial charge is 0.433 e. The van der Waals surface area contributed by atoms with Crippen molar-refractivity contribution in [1.82, 2.24) is 29.5 Å². The molecule has 0 bridgehead atoms. The van der Waals surface area contributed by atoms with Crippen LogP contribution in [0.15, 0.2) is 24.2 Å². The number of halogens is 6. The van der Waals surface area contributed by atoms with Crippen molar-refractivity contribution in [3.05, 3.63) is 35.5 Å². The van der Waals surface area contributed by atoms with Crippen LogP contribution in [0.1, 0.15) is 32.2 Å². The lowest BCUT2D eigenvalue weighted by Gasteiger charge is -2.36. The van der Waals surface area contributed by atoms with Gasteiger partial charge in [-0.1, -0.05) is 20.8 Å². The Labute approximate surface area is 215 Å². The molecule has 0 N–H and O–H groups in total. The minimum absolute atomic E-state index is 0.0308. The molecule has 0 aromatic carbocycles. The van der Waals surface area contributed by atoms with Crippen LogP contribution in [0.5, 0.6) is 0 Å². The highest BCUT2D eigenvalue weighted by Gasteiger charge is 2.41. The number of imide groups is 1. The van der Waals surface area contributed by atoms with Crippen LogP contribution in [-0.4, -0.2) is 70.0 Å². The Morgan fingerprint density at radius 3 is 2.05 bits per heavy atom. The number of carbonyl (C=O) groups is 2. The Kier molecular flexibility index (Phi) is 7.55. The first-order valence-electron chi connectivity index (χ1n) is 11.3. The summed E-state index contributed by atoms with van der Waals surface area (Å²) >= 11 is 0. The first kappa shape index (κ1) is 29.3. The summed E-state index contributed by atoms with van der Waals surface area (Å²) in [6.07, 6.45) is -8.18. The molecule has 3 heterocycles. The fourth-order valence-electron chi connectivity index (χ4n) is 3.15. The minimum Gasteiger partial charge on any atom is -0.415 e. The van der Waals surface area contributed by atoms with E-state index in [1.807, 2.05) is 33.9 Å². The monoisotopic (exact) mass is 564 g/mol.